The predicted octanol–water partition coefficient (Wildman–Crippen LogP) is 4.43. The van der Waals surface area contributed by atoms with E-state index in [1.807, 2.05) is 5.32 Å². The van der Waals surface area contributed by atoms with Gasteiger partial charge in [-0.2, -0.15) is 22.5 Å². The molecule has 0 unspecified atom stereocenters. The molecule has 0 aliphatic carbocycles. The molecule has 146 valence electrons. The number of carbonyl (C=O) groups excluding carboxylic acids is 1. The molecule has 0 atom stereocenters. The maximum atomic E-state index is 13.8. The van der Waals surface area contributed by atoms with E-state index in [1.165, 1.54) is 0 Å². The largest absolute Gasteiger partial charge is 0.434 e. The summed E-state index contributed by atoms with van der Waals surface area (Å²) in [5, 5.41) is 1.50. The second-order valence-corrected chi connectivity index (χ2v) is 5.87. The number of aromatic nitrogens is 3. The number of nitrogens with one attached hydrogen (secondary N) is 1. The van der Waals surface area contributed by atoms with E-state index in [0.29, 0.717) is 11.5 Å². The van der Waals surface area contributed by atoms with Crippen molar-refractivity contribution in [3.8, 4) is 11.4 Å². The zero-order valence-corrected chi connectivity index (χ0v) is 13.9. The molecule has 1 N–H and O–H groups in total. The van der Waals surface area contributed by atoms with Crippen molar-refractivity contribution >= 4 is 22.6 Å². The van der Waals surface area contributed by atoms with Crippen molar-refractivity contribution in [3.63, 3.8) is 0 Å². The molecule has 1 aromatic carbocycles. The number of rotatable bonds is 3. The number of hydrogen-bond acceptors (Lipinski definition) is 5. The molecule has 1 amide bonds. The number of carbonyl (C=O) groups is 1. The summed E-state index contributed by atoms with van der Waals surface area (Å²) in [6, 6.07) is 1.94. The van der Waals surface area contributed by atoms with Gasteiger partial charge in [-0.25, -0.2) is 17.6 Å². The second-order valence-electron chi connectivity index (χ2n) is 5.12. The van der Waals surface area contributed by atoms with Crippen molar-refractivity contribution in [1.29, 1.82) is 0 Å². The molecule has 5 nitrogen and oxygen atoms in total. The number of pyridine rings is 1. The Hall–Kier alpha value is -3.09. The van der Waals surface area contributed by atoms with Crippen LogP contribution in [0.1, 0.15) is 16.1 Å². The lowest BCUT2D eigenvalue weighted by atomic mass is 10.1. The molecular formula is C15H5F7N4OS. The zero-order chi connectivity index (χ0) is 20.6. The minimum atomic E-state index is -4.91. The summed E-state index contributed by atoms with van der Waals surface area (Å²) >= 11 is 0.337. The van der Waals surface area contributed by atoms with E-state index < -0.39 is 63.1 Å². The van der Waals surface area contributed by atoms with Crippen molar-refractivity contribution in [3.05, 3.63) is 58.9 Å². The van der Waals surface area contributed by atoms with Crippen molar-refractivity contribution in [2.24, 2.45) is 0 Å². The molecule has 3 rings (SSSR count). The van der Waals surface area contributed by atoms with Gasteiger partial charge in [-0.3, -0.25) is 15.1 Å². The Morgan fingerprint density at radius 3 is 2.32 bits per heavy atom. The minimum absolute atomic E-state index is 0.00963. The molecular weight excluding hydrogens is 417 g/mol. The highest BCUT2D eigenvalue weighted by atomic mass is 32.1. The fourth-order valence-corrected chi connectivity index (χ4v) is 2.69. The van der Waals surface area contributed by atoms with E-state index in [0.717, 1.165) is 18.3 Å². The SMILES string of the molecule is O=C(Nc1nc(-c2c(F)c(F)cc(F)c2F)ns1)c1cccnc1C(F)(F)F. The molecule has 0 fully saturated rings. The zero-order valence-electron chi connectivity index (χ0n) is 13.1. The topological polar surface area (TPSA) is 67.8 Å². The van der Waals surface area contributed by atoms with E-state index in [4.69, 9.17) is 0 Å². The summed E-state index contributed by atoms with van der Waals surface area (Å²) in [6.45, 7) is 0. The summed E-state index contributed by atoms with van der Waals surface area (Å²) in [4.78, 5) is 18.7. The van der Waals surface area contributed by atoms with Crippen molar-refractivity contribution in [1.82, 2.24) is 14.3 Å². The molecule has 0 aliphatic rings. The predicted molar refractivity (Wildman–Crippen MR) is 82.4 cm³/mol. The smallest absolute Gasteiger partial charge is 0.297 e. The van der Waals surface area contributed by atoms with Crippen LogP contribution in [0.2, 0.25) is 0 Å². The Morgan fingerprint density at radius 2 is 1.71 bits per heavy atom. The summed E-state index contributed by atoms with van der Waals surface area (Å²) in [7, 11) is 0. The average molecular weight is 422 g/mol. The van der Waals surface area contributed by atoms with Gasteiger partial charge in [-0.15, -0.1) is 0 Å². The van der Waals surface area contributed by atoms with Crippen LogP contribution in [0.4, 0.5) is 35.9 Å². The van der Waals surface area contributed by atoms with Crippen molar-refractivity contribution in [2.45, 2.75) is 6.18 Å². The Morgan fingerprint density at radius 1 is 1.07 bits per heavy atom. The van der Waals surface area contributed by atoms with Gasteiger partial charge in [0.15, 0.2) is 34.8 Å². The normalized spacial score (nSPS) is 11.5. The molecule has 13 heteroatoms. The second kappa shape index (κ2) is 7.14. The van der Waals surface area contributed by atoms with Crippen LogP contribution in [0.25, 0.3) is 11.4 Å². The first-order valence-corrected chi connectivity index (χ1v) is 7.87. The number of amides is 1. The van der Waals surface area contributed by atoms with Crippen molar-refractivity contribution in [2.75, 3.05) is 5.32 Å². The third-order valence-corrected chi connectivity index (χ3v) is 3.93. The lowest BCUT2D eigenvalue weighted by Crippen LogP contribution is -2.20. The lowest BCUT2D eigenvalue weighted by Gasteiger charge is -2.10. The number of alkyl halides is 3. The molecule has 28 heavy (non-hydrogen) atoms. The molecule has 3 aromatic rings. The maximum absolute atomic E-state index is 13.8. The van der Waals surface area contributed by atoms with Gasteiger partial charge in [-0.1, -0.05) is 0 Å². The van der Waals surface area contributed by atoms with E-state index in [-0.39, 0.29) is 6.07 Å². The highest BCUT2D eigenvalue weighted by molar-refractivity contribution is 7.10. The lowest BCUT2D eigenvalue weighted by molar-refractivity contribution is -0.141. The van der Waals surface area contributed by atoms with Gasteiger partial charge in [-0.05, 0) is 12.1 Å². The number of anilines is 1. The van der Waals surface area contributed by atoms with E-state index in [1.54, 1.807) is 0 Å². The first-order valence-electron chi connectivity index (χ1n) is 7.10. The van der Waals surface area contributed by atoms with Crippen LogP contribution in [0.15, 0.2) is 24.4 Å². The Bertz CT molecular complexity index is 1040. The molecule has 2 aromatic heterocycles. The molecule has 0 saturated heterocycles. The maximum Gasteiger partial charge on any atom is 0.434 e. The van der Waals surface area contributed by atoms with Crippen LogP contribution in [0.5, 0.6) is 0 Å². The third kappa shape index (κ3) is 3.65. The van der Waals surface area contributed by atoms with Gasteiger partial charge in [0.2, 0.25) is 5.13 Å². The summed E-state index contributed by atoms with van der Waals surface area (Å²) in [5.74, 6) is -8.98. The molecule has 0 spiro atoms. The molecule has 0 aliphatic heterocycles. The number of nitrogens with zero attached hydrogens (tertiary/aromatic N) is 3. The van der Waals surface area contributed by atoms with Crippen LogP contribution in [0, 0.1) is 23.3 Å². The Labute approximate surface area is 155 Å². The van der Waals surface area contributed by atoms with Crippen LogP contribution >= 0.6 is 11.5 Å². The Balaban J connectivity index is 1.93. The van der Waals surface area contributed by atoms with Crippen LogP contribution < -0.4 is 5.32 Å². The molecule has 0 saturated carbocycles. The van der Waals surface area contributed by atoms with Crippen molar-refractivity contribution < 1.29 is 35.5 Å². The van der Waals surface area contributed by atoms with Gasteiger partial charge in [0.1, 0.15) is 0 Å². The first-order chi connectivity index (χ1) is 13.1. The quantitative estimate of drug-likeness (QED) is 0.501. The van der Waals surface area contributed by atoms with Gasteiger partial charge in [0.05, 0.1) is 11.1 Å². The van der Waals surface area contributed by atoms with Gasteiger partial charge >= 0.3 is 6.18 Å². The van der Waals surface area contributed by atoms with Crippen LogP contribution in [0.3, 0.4) is 0 Å². The van der Waals surface area contributed by atoms with Crippen LogP contribution in [-0.2, 0) is 6.18 Å². The van der Waals surface area contributed by atoms with Crippen LogP contribution in [-0.4, -0.2) is 20.2 Å². The highest BCUT2D eigenvalue weighted by Crippen LogP contribution is 2.32. The first kappa shape index (κ1) is 19.7. The summed E-state index contributed by atoms with van der Waals surface area (Å²) in [6.07, 6.45) is -4.07. The fourth-order valence-electron chi connectivity index (χ4n) is 2.12. The number of halogens is 7. The minimum Gasteiger partial charge on any atom is -0.297 e. The fraction of sp³-hybridized carbons (Fsp3) is 0.0667. The number of hydrogen-bond donors (Lipinski definition) is 1. The standard InChI is InChI=1S/C15H5F7N4OS/c16-6-4-7(17)10(19)8(9(6)18)12-24-14(28-26-12)25-13(27)5-2-1-3-23-11(5)15(20,21)22/h1-4H,(H,24,25,26,27). The average Bonchev–Trinajstić information content (AvgIpc) is 3.07. The molecule has 0 radical (unpaired) electrons. The van der Waals surface area contributed by atoms with Gasteiger partial charge in [0.25, 0.3) is 5.91 Å². The summed E-state index contributed by atoms with van der Waals surface area (Å²) in [5.41, 5.74) is -3.51. The number of benzene rings is 1. The third-order valence-electron chi connectivity index (χ3n) is 3.30. The monoisotopic (exact) mass is 422 g/mol. The van der Waals surface area contributed by atoms with Gasteiger partial charge < -0.3 is 0 Å². The van der Waals surface area contributed by atoms with E-state index >= 15 is 0 Å². The van der Waals surface area contributed by atoms with Gasteiger partial charge in [0, 0.05) is 23.8 Å². The molecule has 2 heterocycles. The van der Waals surface area contributed by atoms with E-state index in [2.05, 4.69) is 14.3 Å². The summed E-state index contributed by atoms with van der Waals surface area (Å²) < 4.78 is 96.3. The van der Waals surface area contributed by atoms with E-state index in [9.17, 15) is 35.5 Å². The molecule has 0 bridgehead atoms. The Kier molecular flexibility index (Phi) is 5.02. The highest BCUT2D eigenvalue weighted by Gasteiger charge is 2.37.